The van der Waals surface area contributed by atoms with E-state index in [4.69, 9.17) is 21.8 Å². The van der Waals surface area contributed by atoms with Gasteiger partial charge < -0.3 is 10.2 Å². The van der Waals surface area contributed by atoms with E-state index in [1.54, 1.807) is 6.26 Å². The third-order valence-corrected chi connectivity index (χ3v) is 3.29. The Morgan fingerprint density at radius 2 is 2.19 bits per heavy atom. The molecule has 1 unspecified atom stereocenters. The molecule has 0 saturated carbocycles. The van der Waals surface area contributed by atoms with Gasteiger partial charge in [0.2, 0.25) is 0 Å². The van der Waals surface area contributed by atoms with Crippen LogP contribution >= 0.6 is 27.5 Å². The number of furan rings is 1. The van der Waals surface area contributed by atoms with Crippen LogP contribution in [0.1, 0.15) is 17.4 Å². The number of hydrogen-bond acceptors (Lipinski definition) is 2. The first kappa shape index (κ1) is 11.7. The summed E-state index contributed by atoms with van der Waals surface area (Å²) in [5, 5.41) is 0.695. The summed E-state index contributed by atoms with van der Waals surface area (Å²) in [5.41, 5.74) is 7.13. The largest absolute Gasteiger partial charge is 0.469 e. The zero-order valence-electron chi connectivity index (χ0n) is 8.49. The molecule has 84 valence electrons. The zero-order valence-corrected chi connectivity index (χ0v) is 10.8. The SMILES string of the molecule is NC(Cc1ccco1)c1ccc(Cl)cc1Br. The highest BCUT2D eigenvalue weighted by Gasteiger charge is 2.12. The van der Waals surface area contributed by atoms with E-state index in [1.807, 2.05) is 30.3 Å². The van der Waals surface area contributed by atoms with E-state index in [1.165, 1.54) is 0 Å². The fourth-order valence-electron chi connectivity index (χ4n) is 1.56. The van der Waals surface area contributed by atoms with Gasteiger partial charge in [0.25, 0.3) is 0 Å². The number of nitrogens with two attached hydrogens (primary N) is 1. The molecule has 1 aromatic heterocycles. The zero-order chi connectivity index (χ0) is 11.5. The molecule has 2 rings (SSSR count). The minimum atomic E-state index is -0.0993. The van der Waals surface area contributed by atoms with Gasteiger partial charge in [0.1, 0.15) is 5.76 Å². The Hall–Kier alpha value is -0.770. The number of benzene rings is 1. The summed E-state index contributed by atoms with van der Waals surface area (Å²) >= 11 is 9.33. The number of hydrogen-bond donors (Lipinski definition) is 1. The molecule has 1 aromatic carbocycles. The van der Waals surface area contributed by atoms with Gasteiger partial charge in [-0.15, -0.1) is 0 Å². The monoisotopic (exact) mass is 299 g/mol. The molecule has 0 bridgehead atoms. The molecule has 0 aliphatic rings. The van der Waals surface area contributed by atoms with Gasteiger partial charge in [0, 0.05) is 22.0 Å². The second-order valence-corrected chi connectivity index (χ2v) is 4.85. The summed E-state index contributed by atoms with van der Waals surface area (Å²) in [5.74, 6) is 0.884. The fourth-order valence-corrected chi connectivity index (χ4v) is 2.53. The first-order valence-electron chi connectivity index (χ1n) is 4.89. The molecular weight excluding hydrogens is 289 g/mol. The van der Waals surface area contributed by atoms with Crippen LogP contribution in [0.2, 0.25) is 5.02 Å². The van der Waals surface area contributed by atoms with Gasteiger partial charge in [0.15, 0.2) is 0 Å². The Kier molecular flexibility index (Phi) is 3.69. The Balaban J connectivity index is 2.17. The Labute approximate surface area is 108 Å². The predicted molar refractivity (Wildman–Crippen MR) is 68.5 cm³/mol. The van der Waals surface area contributed by atoms with E-state index in [9.17, 15) is 0 Å². The topological polar surface area (TPSA) is 39.2 Å². The Bertz CT molecular complexity index is 470. The van der Waals surface area contributed by atoms with Crippen LogP contribution in [0.15, 0.2) is 45.5 Å². The van der Waals surface area contributed by atoms with Crippen molar-refractivity contribution in [2.45, 2.75) is 12.5 Å². The summed E-state index contributed by atoms with van der Waals surface area (Å²) in [6.45, 7) is 0. The molecule has 1 atom stereocenters. The van der Waals surface area contributed by atoms with Crippen LogP contribution in [0.3, 0.4) is 0 Å². The van der Waals surface area contributed by atoms with Crippen molar-refractivity contribution in [1.29, 1.82) is 0 Å². The highest BCUT2D eigenvalue weighted by atomic mass is 79.9. The summed E-state index contributed by atoms with van der Waals surface area (Å²) < 4.78 is 6.20. The normalized spacial score (nSPS) is 12.7. The van der Waals surface area contributed by atoms with Crippen molar-refractivity contribution < 1.29 is 4.42 Å². The van der Waals surface area contributed by atoms with Crippen LogP contribution in [0.5, 0.6) is 0 Å². The summed E-state index contributed by atoms with van der Waals surface area (Å²) in [4.78, 5) is 0. The minimum Gasteiger partial charge on any atom is -0.469 e. The van der Waals surface area contributed by atoms with Gasteiger partial charge in [0.05, 0.1) is 6.26 Å². The summed E-state index contributed by atoms with van der Waals surface area (Å²) in [7, 11) is 0. The van der Waals surface area contributed by atoms with E-state index in [-0.39, 0.29) is 6.04 Å². The Morgan fingerprint density at radius 1 is 1.38 bits per heavy atom. The lowest BCUT2D eigenvalue weighted by molar-refractivity contribution is 0.488. The maximum Gasteiger partial charge on any atom is 0.105 e. The van der Waals surface area contributed by atoms with Crippen molar-refractivity contribution in [3.8, 4) is 0 Å². The van der Waals surface area contributed by atoms with Gasteiger partial charge >= 0.3 is 0 Å². The van der Waals surface area contributed by atoms with Crippen molar-refractivity contribution in [3.05, 3.63) is 57.4 Å². The fraction of sp³-hybridized carbons (Fsp3) is 0.167. The molecule has 2 N–H and O–H groups in total. The first-order chi connectivity index (χ1) is 7.66. The number of rotatable bonds is 3. The lowest BCUT2D eigenvalue weighted by Gasteiger charge is -2.12. The lowest BCUT2D eigenvalue weighted by atomic mass is 10.0. The molecule has 16 heavy (non-hydrogen) atoms. The van der Waals surface area contributed by atoms with Crippen LogP contribution in [-0.4, -0.2) is 0 Å². The van der Waals surface area contributed by atoms with Crippen molar-refractivity contribution in [2.24, 2.45) is 5.73 Å². The van der Waals surface area contributed by atoms with E-state index in [0.29, 0.717) is 11.4 Å². The van der Waals surface area contributed by atoms with Gasteiger partial charge in [-0.2, -0.15) is 0 Å². The van der Waals surface area contributed by atoms with Gasteiger partial charge in [-0.25, -0.2) is 0 Å². The average molecular weight is 301 g/mol. The molecule has 0 fully saturated rings. The van der Waals surface area contributed by atoms with Gasteiger partial charge in [-0.05, 0) is 29.8 Å². The first-order valence-corrected chi connectivity index (χ1v) is 6.07. The summed E-state index contributed by atoms with van der Waals surface area (Å²) in [6, 6.07) is 9.29. The predicted octanol–water partition coefficient (Wildman–Crippen LogP) is 3.94. The summed E-state index contributed by atoms with van der Waals surface area (Å²) in [6.07, 6.45) is 2.33. The second-order valence-electron chi connectivity index (χ2n) is 3.56. The highest BCUT2D eigenvalue weighted by Crippen LogP contribution is 2.27. The third kappa shape index (κ3) is 2.67. The van der Waals surface area contributed by atoms with Crippen LogP contribution < -0.4 is 5.73 Å². The molecule has 0 radical (unpaired) electrons. The molecule has 2 aromatic rings. The maximum atomic E-state index is 6.10. The van der Waals surface area contributed by atoms with Crippen molar-refractivity contribution in [2.75, 3.05) is 0 Å². The molecule has 0 aliphatic heterocycles. The van der Waals surface area contributed by atoms with E-state index in [2.05, 4.69) is 15.9 Å². The van der Waals surface area contributed by atoms with Crippen LogP contribution in [0.25, 0.3) is 0 Å². The molecule has 1 heterocycles. The second kappa shape index (κ2) is 5.04. The van der Waals surface area contributed by atoms with Crippen LogP contribution in [0, 0.1) is 0 Å². The van der Waals surface area contributed by atoms with Crippen molar-refractivity contribution >= 4 is 27.5 Å². The van der Waals surface area contributed by atoms with Gasteiger partial charge in [-0.3, -0.25) is 0 Å². The van der Waals surface area contributed by atoms with Crippen LogP contribution in [-0.2, 0) is 6.42 Å². The van der Waals surface area contributed by atoms with E-state index in [0.717, 1.165) is 15.8 Å². The number of halogens is 2. The van der Waals surface area contributed by atoms with Gasteiger partial charge in [-0.1, -0.05) is 33.6 Å². The molecule has 2 nitrogen and oxygen atoms in total. The minimum absolute atomic E-state index is 0.0993. The molecule has 0 amide bonds. The lowest BCUT2D eigenvalue weighted by Crippen LogP contribution is -2.13. The van der Waals surface area contributed by atoms with E-state index < -0.39 is 0 Å². The van der Waals surface area contributed by atoms with E-state index >= 15 is 0 Å². The molecule has 4 heteroatoms. The standard InChI is InChI=1S/C12H11BrClNO/c13-11-6-8(14)3-4-10(11)12(15)7-9-2-1-5-16-9/h1-6,12H,7,15H2. The molecule has 0 saturated heterocycles. The Morgan fingerprint density at radius 3 is 2.81 bits per heavy atom. The quantitative estimate of drug-likeness (QED) is 0.932. The molecule has 0 aliphatic carbocycles. The van der Waals surface area contributed by atoms with Crippen molar-refractivity contribution in [1.82, 2.24) is 0 Å². The average Bonchev–Trinajstić information content (AvgIpc) is 2.70. The third-order valence-electron chi connectivity index (χ3n) is 2.36. The smallest absolute Gasteiger partial charge is 0.105 e. The van der Waals surface area contributed by atoms with Crippen LogP contribution in [0.4, 0.5) is 0 Å². The highest BCUT2D eigenvalue weighted by molar-refractivity contribution is 9.10. The molecule has 0 spiro atoms. The van der Waals surface area contributed by atoms with Crippen molar-refractivity contribution in [3.63, 3.8) is 0 Å². The maximum absolute atomic E-state index is 6.10. The molecular formula is C12H11BrClNO.